The van der Waals surface area contributed by atoms with Gasteiger partial charge in [0, 0.05) is 6.54 Å². The summed E-state index contributed by atoms with van der Waals surface area (Å²) in [5, 5.41) is 3.39. The predicted molar refractivity (Wildman–Crippen MR) is 57.5 cm³/mol. The molecule has 0 unspecified atom stereocenters. The molecule has 1 aliphatic rings. The van der Waals surface area contributed by atoms with Gasteiger partial charge in [-0.15, -0.1) is 0 Å². The van der Waals surface area contributed by atoms with Gasteiger partial charge >= 0.3 is 0 Å². The van der Waals surface area contributed by atoms with Gasteiger partial charge in [-0.2, -0.15) is 0 Å². The van der Waals surface area contributed by atoms with Crippen LogP contribution in [0.3, 0.4) is 0 Å². The van der Waals surface area contributed by atoms with E-state index in [1.54, 1.807) is 0 Å². The van der Waals surface area contributed by atoms with Crippen LogP contribution in [0.4, 0.5) is 0 Å². The van der Waals surface area contributed by atoms with Gasteiger partial charge in [0.15, 0.2) is 0 Å². The molecule has 0 bridgehead atoms. The highest BCUT2D eigenvalue weighted by Gasteiger charge is 2.19. The Morgan fingerprint density at radius 3 is 2.71 bits per heavy atom. The fourth-order valence-electron chi connectivity index (χ4n) is 1.39. The zero-order valence-electron chi connectivity index (χ0n) is 8.41. The first-order valence-electron chi connectivity index (χ1n) is 5.34. The van der Waals surface area contributed by atoms with Crippen molar-refractivity contribution in [2.24, 2.45) is 5.92 Å². The van der Waals surface area contributed by atoms with Crippen molar-refractivity contribution in [3.8, 4) is 5.75 Å². The van der Waals surface area contributed by atoms with Crippen molar-refractivity contribution in [3.05, 3.63) is 30.3 Å². The molecule has 0 saturated heterocycles. The Balaban J connectivity index is 1.54. The molecule has 0 aromatic heterocycles. The molecule has 0 heterocycles. The summed E-state index contributed by atoms with van der Waals surface area (Å²) in [7, 11) is 0. The van der Waals surface area contributed by atoms with Crippen LogP contribution >= 0.6 is 0 Å². The molecule has 2 nitrogen and oxygen atoms in total. The minimum absolute atomic E-state index is 0.761. The van der Waals surface area contributed by atoms with Crippen LogP contribution in [-0.4, -0.2) is 19.7 Å². The monoisotopic (exact) mass is 191 g/mol. The lowest BCUT2D eigenvalue weighted by Crippen LogP contribution is -2.23. The van der Waals surface area contributed by atoms with Crippen molar-refractivity contribution in [1.82, 2.24) is 5.32 Å². The highest BCUT2D eigenvalue weighted by atomic mass is 16.5. The molecule has 2 rings (SSSR count). The molecular formula is C12H17NO. The largest absolute Gasteiger partial charge is 0.492 e. The molecule has 0 radical (unpaired) electrons. The van der Waals surface area contributed by atoms with Crippen LogP contribution in [-0.2, 0) is 0 Å². The summed E-state index contributed by atoms with van der Waals surface area (Å²) in [6, 6.07) is 9.96. The third-order valence-corrected chi connectivity index (χ3v) is 2.42. The van der Waals surface area contributed by atoms with Crippen molar-refractivity contribution < 1.29 is 4.74 Å². The van der Waals surface area contributed by atoms with E-state index in [1.165, 1.54) is 12.8 Å². The van der Waals surface area contributed by atoms with Crippen LogP contribution in [0, 0.1) is 5.92 Å². The first-order chi connectivity index (χ1) is 6.95. The molecule has 0 atom stereocenters. The van der Waals surface area contributed by atoms with Crippen molar-refractivity contribution in [2.75, 3.05) is 19.7 Å². The fraction of sp³-hybridized carbons (Fsp3) is 0.500. The van der Waals surface area contributed by atoms with Crippen LogP contribution < -0.4 is 10.1 Å². The average molecular weight is 191 g/mol. The molecule has 1 saturated carbocycles. The second-order valence-electron chi connectivity index (χ2n) is 3.81. The minimum atomic E-state index is 0.761. The van der Waals surface area contributed by atoms with Crippen LogP contribution in [0.2, 0.25) is 0 Å². The topological polar surface area (TPSA) is 21.3 Å². The average Bonchev–Trinajstić information content (AvgIpc) is 3.03. The fourth-order valence-corrected chi connectivity index (χ4v) is 1.39. The molecule has 0 spiro atoms. The summed E-state index contributed by atoms with van der Waals surface area (Å²) in [5.74, 6) is 1.91. The van der Waals surface area contributed by atoms with E-state index in [1.807, 2.05) is 30.3 Å². The molecule has 0 aliphatic heterocycles. The third-order valence-electron chi connectivity index (χ3n) is 2.42. The van der Waals surface area contributed by atoms with Gasteiger partial charge in [-0.25, -0.2) is 0 Å². The van der Waals surface area contributed by atoms with Gasteiger partial charge in [0.05, 0.1) is 0 Å². The number of hydrogen-bond acceptors (Lipinski definition) is 2. The van der Waals surface area contributed by atoms with E-state index in [0.29, 0.717) is 0 Å². The molecule has 2 heteroatoms. The maximum Gasteiger partial charge on any atom is 0.119 e. The molecule has 1 aromatic rings. The van der Waals surface area contributed by atoms with E-state index in [2.05, 4.69) is 5.32 Å². The summed E-state index contributed by atoms with van der Waals surface area (Å²) < 4.78 is 5.55. The molecule has 1 aliphatic carbocycles. The zero-order valence-corrected chi connectivity index (χ0v) is 8.41. The van der Waals surface area contributed by atoms with Gasteiger partial charge in [-0.3, -0.25) is 0 Å². The third kappa shape index (κ3) is 3.38. The Morgan fingerprint density at radius 1 is 1.21 bits per heavy atom. The van der Waals surface area contributed by atoms with Gasteiger partial charge in [0.2, 0.25) is 0 Å². The highest BCUT2D eigenvalue weighted by Crippen LogP contribution is 2.27. The van der Waals surface area contributed by atoms with Crippen molar-refractivity contribution in [1.29, 1.82) is 0 Å². The second-order valence-corrected chi connectivity index (χ2v) is 3.81. The Kier molecular flexibility index (Phi) is 3.41. The Bertz CT molecular complexity index is 256. The normalized spacial score (nSPS) is 15.4. The first kappa shape index (κ1) is 9.53. The van der Waals surface area contributed by atoms with Crippen LogP contribution in [0.1, 0.15) is 12.8 Å². The van der Waals surface area contributed by atoms with Crippen molar-refractivity contribution in [3.63, 3.8) is 0 Å². The lowest BCUT2D eigenvalue weighted by Gasteiger charge is -2.06. The van der Waals surface area contributed by atoms with Gasteiger partial charge < -0.3 is 10.1 Å². The summed E-state index contributed by atoms with van der Waals surface area (Å²) in [6.45, 7) is 2.88. The summed E-state index contributed by atoms with van der Waals surface area (Å²) in [4.78, 5) is 0. The predicted octanol–water partition coefficient (Wildman–Crippen LogP) is 2.06. The molecule has 14 heavy (non-hydrogen) atoms. The standard InChI is InChI=1S/C12H17NO/c1-2-4-12(5-3-1)14-9-8-13-10-11-6-7-11/h1-5,11,13H,6-10H2. The van der Waals surface area contributed by atoms with E-state index in [4.69, 9.17) is 4.74 Å². The number of nitrogens with one attached hydrogen (secondary N) is 1. The lowest BCUT2D eigenvalue weighted by molar-refractivity contribution is 0.313. The molecule has 76 valence electrons. The van der Waals surface area contributed by atoms with Gasteiger partial charge in [-0.05, 0) is 37.4 Å². The van der Waals surface area contributed by atoms with Gasteiger partial charge in [0.25, 0.3) is 0 Å². The van der Waals surface area contributed by atoms with Crippen LogP contribution in [0.25, 0.3) is 0 Å². The van der Waals surface area contributed by atoms with Crippen molar-refractivity contribution >= 4 is 0 Å². The summed E-state index contributed by atoms with van der Waals surface area (Å²) >= 11 is 0. The number of benzene rings is 1. The Hall–Kier alpha value is -1.02. The van der Waals surface area contributed by atoms with Crippen LogP contribution in [0.15, 0.2) is 30.3 Å². The first-order valence-corrected chi connectivity index (χ1v) is 5.34. The summed E-state index contributed by atoms with van der Waals surface area (Å²) in [5.41, 5.74) is 0. The van der Waals surface area contributed by atoms with E-state index in [9.17, 15) is 0 Å². The molecule has 0 amide bonds. The van der Waals surface area contributed by atoms with E-state index in [0.717, 1.165) is 31.4 Å². The zero-order chi connectivity index (χ0) is 9.64. The van der Waals surface area contributed by atoms with Crippen molar-refractivity contribution in [2.45, 2.75) is 12.8 Å². The highest BCUT2D eigenvalue weighted by molar-refractivity contribution is 5.20. The number of para-hydroxylation sites is 1. The van der Waals surface area contributed by atoms with Gasteiger partial charge in [-0.1, -0.05) is 18.2 Å². The van der Waals surface area contributed by atoms with Gasteiger partial charge in [0.1, 0.15) is 12.4 Å². The van der Waals surface area contributed by atoms with E-state index < -0.39 is 0 Å². The molecule has 1 fully saturated rings. The number of hydrogen-bond donors (Lipinski definition) is 1. The molecular weight excluding hydrogens is 174 g/mol. The van der Waals surface area contributed by atoms with E-state index in [-0.39, 0.29) is 0 Å². The minimum Gasteiger partial charge on any atom is -0.492 e. The second kappa shape index (κ2) is 5.01. The summed E-state index contributed by atoms with van der Waals surface area (Å²) in [6.07, 6.45) is 2.82. The molecule has 1 N–H and O–H groups in total. The number of ether oxygens (including phenoxy) is 1. The van der Waals surface area contributed by atoms with Crippen LogP contribution in [0.5, 0.6) is 5.75 Å². The van der Waals surface area contributed by atoms with E-state index >= 15 is 0 Å². The quantitative estimate of drug-likeness (QED) is 0.695. The Morgan fingerprint density at radius 2 is 2.00 bits per heavy atom. The SMILES string of the molecule is c1ccc(OCCNCC2CC2)cc1. The smallest absolute Gasteiger partial charge is 0.119 e. The Labute approximate surface area is 85.3 Å². The molecule has 1 aromatic carbocycles. The maximum absolute atomic E-state index is 5.55. The maximum atomic E-state index is 5.55. The number of rotatable bonds is 6. The lowest BCUT2D eigenvalue weighted by atomic mass is 10.3.